The fraction of sp³-hybridized carbons (Fsp3) is 0.545. The lowest BCUT2D eigenvalue weighted by Crippen LogP contribution is -2.39. The van der Waals surface area contributed by atoms with E-state index in [0.29, 0.717) is 31.2 Å². The van der Waals surface area contributed by atoms with Crippen LogP contribution < -0.4 is 0 Å². The molecular weight excluding hydrogens is 238 g/mol. The average molecular weight is 253 g/mol. The Kier molecular flexibility index (Phi) is 3.22. The van der Waals surface area contributed by atoms with Gasteiger partial charge >= 0.3 is 12.1 Å². The summed E-state index contributed by atoms with van der Waals surface area (Å²) in [4.78, 5) is 28.2. The second-order valence-electron chi connectivity index (χ2n) is 4.03. The van der Waals surface area contributed by atoms with Crippen LogP contribution in [0, 0.1) is 6.92 Å². The van der Waals surface area contributed by atoms with Crippen LogP contribution >= 0.6 is 0 Å². The van der Waals surface area contributed by atoms with E-state index in [4.69, 9.17) is 9.84 Å². The van der Waals surface area contributed by atoms with Gasteiger partial charge in [-0.2, -0.15) is 0 Å². The van der Waals surface area contributed by atoms with Crippen molar-refractivity contribution in [3.05, 3.63) is 17.2 Å². The molecule has 0 spiro atoms. The molecule has 1 aliphatic rings. The molecule has 98 valence electrons. The third-order valence-electron chi connectivity index (χ3n) is 2.93. The summed E-state index contributed by atoms with van der Waals surface area (Å²) in [7, 11) is 0. The van der Waals surface area contributed by atoms with Crippen molar-refractivity contribution in [2.45, 2.75) is 26.9 Å². The Labute approximate surface area is 104 Å². The molecule has 2 heterocycles. The van der Waals surface area contributed by atoms with E-state index in [1.54, 1.807) is 13.8 Å². The molecule has 0 radical (unpaired) electrons. The van der Waals surface area contributed by atoms with E-state index in [1.807, 2.05) is 4.57 Å². The van der Waals surface area contributed by atoms with Crippen LogP contribution in [0.25, 0.3) is 0 Å². The predicted molar refractivity (Wildman–Crippen MR) is 61.4 cm³/mol. The van der Waals surface area contributed by atoms with Crippen molar-refractivity contribution >= 4 is 12.1 Å². The summed E-state index contributed by atoms with van der Waals surface area (Å²) in [5.41, 5.74) is 0.570. The second-order valence-corrected chi connectivity index (χ2v) is 4.03. The molecule has 1 aromatic heterocycles. The summed E-state index contributed by atoms with van der Waals surface area (Å²) in [6.45, 7) is 5.07. The molecule has 1 amide bonds. The molecule has 0 aliphatic carbocycles. The number of aromatic carboxylic acids is 1. The van der Waals surface area contributed by atoms with Crippen LogP contribution in [0.5, 0.6) is 0 Å². The number of carboxylic acid groups (broad SMARTS) is 1. The number of carboxylic acids is 1. The van der Waals surface area contributed by atoms with Crippen LogP contribution in [-0.2, 0) is 17.8 Å². The summed E-state index contributed by atoms with van der Waals surface area (Å²) in [6.07, 6.45) is -0.418. The molecule has 2 rings (SSSR count). The van der Waals surface area contributed by atoms with E-state index < -0.39 is 12.1 Å². The maximum absolute atomic E-state index is 11.6. The molecule has 1 aromatic rings. The Balaban J connectivity index is 2.27. The zero-order valence-electron chi connectivity index (χ0n) is 10.3. The SMILES string of the molecule is CCOC(=O)N1CCn2c(C)nc(C(=O)O)c2C1. The minimum absolute atomic E-state index is 0.0153. The van der Waals surface area contributed by atoms with Crippen LogP contribution in [0.15, 0.2) is 0 Å². The Hall–Kier alpha value is -2.05. The number of carbonyl (C=O) groups excluding carboxylic acids is 1. The third-order valence-corrected chi connectivity index (χ3v) is 2.93. The normalized spacial score (nSPS) is 14.2. The number of hydrogen-bond donors (Lipinski definition) is 1. The molecule has 0 fully saturated rings. The number of aryl methyl sites for hydroxylation is 1. The Bertz CT molecular complexity index is 495. The third kappa shape index (κ3) is 2.03. The fourth-order valence-corrected chi connectivity index (χ4v) is 2.09. The van der Waals surface area contributed by atoms with Crippen LogP contribution in [-0.4, -0.2) is 44.8 Å². The van der Waals surface area contributed by atoms with Gasteiger partial charge in [0.2, 0.25) is 0 Å². The molecule has 0 unspecified atom stereocenters. The maximum Gasteiger partial charge on any atom is 0.410 e. The van der Waals surface area contributed by atoms with Gasteiger partial charge < -0.3 is 19.3 Å². The van der Waals surface area contributed by atoms with Crippen LogP contribution in [0.1, 0.15) is 28.9 Å². The van der Waals surface area contributed by atoms with Gasteiger partial charge in [-0.25, -0.2) is 14.6 Å². The lowest BCUT2D eigenvalue weighted by Gasteiger charge is -2.28. The summed E-state index contributed by atoms with van der Waals surface area (Å²) in [5.74, 6) is -0.413. The van der Waals surface area contributed by atoms with Gasteiger partial charge in [0.15, 0.2) is 5.69 Å². The van der Waals surface area contributed by atoms with Gasteiger partial charge in [-0.15, -0.1) is 0 Å². The molecular formula is C11H15N3O4. The standard InChI is InChI=1S/C11H15N3O4/c1-3-18-11(17)13-4-5-14-7(2)12-9(10(15)16)8(14)6-13/h3-6H2,1-2H3,(H,15,16). The first-order valence-corrected chi connectivity index (χ1v) is 5.75. The van der Waals surface area contributed by atoms with Crippen molar-refractivity contribution in [3.8, 4) is 0 Å². The molecule has 0 aromatic carbocycles. The van der Waals surface area contributed by atoms with Crippen LogP contribution in [0.4, 0.5) is 4.79 Å². The molecule has 7 nitrogen and oxygen atoms in total. The number of hydrogen-bond acceptors (Lipinski definition) is 4. The topological polar surface area (TPSA) is 84.7 Å². The van der Waals surface area contributed by atoms with Gasteiger partial charge in [0.25, 0.3) is 0 Å². The quantitative estimate of drug-likeness (QED) is 0.845. The Morgan fingerprint density at radius 3 is 2.78 bits per heavy atom. The van der Waals surface area contributed by atoms with E-state index in [2.05, 4.69) is 4.98 Å². The van der Waals surface area contributed by atoms with E-state index in [9.17, 15) is 9.59 Å². The molecule has 0 saturated heterocycles. The first-order chi connectivity index (χ1) is 8.54. The number of nitrogens with zero attached hydrogens (tertiary/aromatic N) is 3. The van der Waals surface area contributed by atoms with Crippen LogP contribution in [0.3, 0.4) is 0 Å². The van der Waals surface area contributed by atoms with Gasteiger partial charge in [0.1, 0.15) is 5.82 Å². The van der Waals surface area contributed by atoms with Crippen LogP contribution in [0.2, 0.25) is 0 Å². The molecule has 1 N–H and O–H groups in total. The largest absolute Gasteiger partial charge is 0.476 e. The van der Waals surface area contributed by atoms with Gasteiger partial charge in [-0.05, 0) is 13.8 Å². The van der Waals surface area contributed by atoms with E-state index in [1.165, 1.54) is 4.90 Å². The Morgan fingerprint density at radius 1 is 1.44 bits per heavy atom. The van der Waals surface area contributed by atoms with Gasteiger partial charge in [0.05, 0.1) is 18.8 Å². The van der Waals surface area contributed by atoms with E-state index >= 15 is 0 Å². The number of ether oxygens (including phenoxy) is 1. The summed E-state index contributed by atoms with van der Waals surface area (Å²) in [6, 6.07) is 0. The van der Waals surface area contributed by atoms with Gasteiger partial charge in [0, 0.05) is 13.1 Å². The number of rotatable bonds is 2. The first-order valence-electron chi connectivity index (χ1n) is 5.75. The highest BCUT2D eigenvalue weighted by Crippen LogP contribution is 2.19. The van der Waals surface area contributed by atoms with Crippen molar-refractivity contribution in [1.82, 2.24) is 14.5 Å². The second kappa shape index (κ2) is 4.67. The van der Waals surface area contributed by atoms with Gasteiger partial charge in [-0.1, -0.05) is 0 Å². The van der Waals surface area contributed by atoms with Crippen molar-refractivity contribution in [2.75, 3.05) is 13.2 Å². The zero-order valence-corrected chi connectivity index (χ0v) is 10.3. The number of imidazole rings is 1. The molecule has 0 saturated carbocycles. The lowest BCUT2D eigenvalue weighted by atomic mass is 10.2. The minimum atomic E-state index is -1.07. The first kappa shape index (κ1) is 12.4. The number of aromatic nitrogens is 2. The van der Waals surface area contributed by atoms with Crippen molar-refractivity contribution < 1.29 is 19.4 Å². The maximum atomic E-state index is 11.6. The molecule has 0 bridgehead atoms. The number of amides is 1. The van der Waals surface area contributed by atoms with E-state index in [0.717, 1.165) is 0 Å². The molecule has 7 heteroatoms. The summed E-state index contributed by atoms with van der Waals surface area (Å²) in [5, 5.41) is 9.07. The van der Waals surface area contributed by atoms with Crippen molar-refractivity contribution in [2.24, 2.45) is 0 Å². The van der Waals surface area contributed by atoms with Crippen molar-refractivity contribution in [3.63, 3.8) is 0 Å². The van der Waals surface area contributed by atoms with Crippen molar-refractivity contribution in [1.29, 1.82) is 0 Å². The predicted octanol–water partition coefficient (Wildman–Crippen LogP) is 0.862. The van der Waals surface area contributed by atoms with E-state index in [-0.39, 0.29) is 12.2 Å². The zero-order chi connectivity index (χ0) is 13.3. The minimum Gasteiger partial charge on any atom is -0.476 e. The Morgan fingerprint density at radius 2 is 2.17 bits per heavy atom. The summed E-state index contributed by atoms with van der Waals surface area (Å²) >= 11 is 0. The molecule has 1 aliphatic heterocycles. The fourth-order valence-electron chi connectivity index (χ4n) is 2.09. The molecule has 18 heavy (non-hydrogen) atoms. The monoisotopic (exact) mass is 253 g/mol. The highest BCUT2D eigenvalue weighted by molar-refractivity contribution is 5.87. The van der Waals surface area contributed by atoms with Gasteiger partial charge in [-0.3, -0.25) is 0 Å². The highest BCUT2D eigenvalue weighted by atomic mass is 16.6. The smallest absolute Gasteiger partial charge is 0.410 e. The number of fused-ring (bicyclic) bond motifs is 1. The average Bonchev–Trinajstić information content (AvgIpc) is 2.67. The summed E-state index contributed by atoms with van der Waals surface area (Å²) < 4.78 is 6.75. The number of carbonyl (C=O) groups is 2. The molecule has 0 atom stereocenters. The highest BCUT2D eigenvalue weighted by Gasteiger charge is 2.28. The lowest BCUT2D eigenvalue weighted by molar-refractivity contribution is 0.0682.